The van der Waals surface area contributed by atoms with Gasteiger partial charge in [0.05, 0.1) is 11.4 Å². The zero-order valence-corrected chi connectivity index (χ0v) is 13.7. The molecule has 0 aromatic heterocycles. The van der Waals surface area contributed by atoms with E-state index in [9.17, 15) is 9.90 Å². The third kappa shape index (κ3) is 2.87. The van der Waals surface area contributed by atoms with Gasteiger partial charge >= 0.3 is 0 Å². The molecule has 124 valence electrons. The summed E-state index contributed by atoms with van der Waals surface area (Å²) >= 11 is 0. The van der Waals surface area contributed by atoms with Gasteiger partial charge in [-0.1, -0.05) is 12.7 Å². The van der Waals surface area contributed by atoms with Crippen molar-refractivity contribution in [3.05, 3.63) is 24.3 Å². The molecule has 2 aliphatic rings. The molecule has 1 aromatic rings. The number of phenolic OH excluding ortho intramolecular Hbond substituents is 1. The fraction of sp³-hybridized carbons (Fsp3) is 0.500. The van der Waals surface area contributed by atoms with E-state index < -0.39 is 0 Å². The Labute approximate surface area is 137 Å². The second-order valence-electron chi connectivity index (χ2n) is 6.17. The summed E-state index contributed by atoms with van der Waals surface area (Å²) in [5.41, 5.74) is 2.33. The molecule has 1 fully saturated rings. The van der Waals surface area contributed by atoms with Crippen LogP contribution in [0.15, 0.2) is 18.7 Å². The minimum atomic E-state index is 0.0473. The van der Waals surface area contributed by atoms with Crippen molar-refractivity contribution in [3.63, 3.8) is 0 Å². The summed E-state index contributed by atoms with van der Waals surface area (Å²) in [5.74, 6) is 0.993. The number of anilines is 2. The van der Waals surface area contributed by atoms with E-state index in [0.717, 1.165) is 37.2 Å². The molecule has 0 bridgehead atoms. The van der Waals surface area contributed by atoms with Crippen LogP contribution in [0, 0.1) is 0 Å². The molecule has 1 N–H and O–H groups in total. The van der Waals surface area contributed by atoms with Crippen molar-refractivity contribution in [2.24, 2.45) is 0 Å². The smallest absolute Gasteiger partial charge is 0.227 e. The molecule has 5 nitrogen and oxygen atoms in total. The van der Waals surface area contributed by atoms with Gasteiger partial charge in [0.15, 0.2) is 0 Å². The zero-order valence-electron chi connectivity index (χ0n) is 13.7. The lowest BCUT2D eigenvalue weighted by Crippen LogP contribution is -2.33. The van der Waals surface area contributed by atoms with E-state index in [1.165, 1.54) is 6.42 Å². The van der Waals surface area contributed by atoms with Gasteiger partial charge in [0.25, 0.3) is 0 Å². The minimum Gasteiger partial charge on any atom is -0.505 e. The number of fused-ring (bicyclic) bond motifs is 1. The summed E-state index contributed by atoms with van der Waals surface area (Å²) in [6.07, 6.45) is 6.16. The minimum absolute atomic E-state index is 0.0473. The number of carbonyl (C=O) groups excluding carboxylic acids is 1. The van der Waals surface area contributed by atoms with Crippen molar-refractivity contribution in [1.29, 1.82) is 0 Å². The van der Waals surface area contributed by atoms with Crippen LogP contribution in [-0.2, 0) is 11.2 Å². The molecule has 5 heteroatoms. The first-order valence-corrected chi connectivity index (χ1v) is 8.27. The van der Waals surface area contributed by atoms with Gasteiger partial charge in [-0.3, -0.25) is 4.79 Å². The number of hydrogen-bond donors (Lipinski definition) is 1. The van der Waals surface area contributed by atoms with Crippen molar-refractivity contribution >= 4 is 17.3 Å². The van der Waals surface area contributed by atoms with Crippen LogP contribution in [0.1, 0.15) is 31.2 Å². The molecular formula is C18H24N2O3. The topological polar surface area (TPSA) is 53.0 Å². The Morgan fingerprint density at radius 3 is 2.74 bits per heavy atom. The summed E-state index contributed by atoms with van der Waals surface area (Å²) in [5, 5.41) is 10.8. The summed E-state index contributed by atoms with van der Waals surface area (Å²) < 4.78 is 5.81. The molecule has 0 unspecified atom stereocenters. The molecular weight excluding hydrogens is 292 g/mol. The van der Waals surface area contributed by atoms with Gasteiger partial charge in [-0.15, -0.1) is 0 Å². The Morgan fingerprint density at radius 2 is 2.04 bits per heavy atom. The zero-order chi connectivity index (χ0) is 16.4. The third-order valence-electron chi connectivity index (χ3n) is 4.67. The molecule has 0 spiro atoms. The maximum Gasteiger partial charge on any atom is 0.227 e. The maximum atomic E-state index is 12.0. The standard InChI is InChI=1S/C18H24N2O3/c1-3-11-23-15-12-14(20-9-5-4-6-10-20)18(22)13-7-8-16(21)19(2)17(13)15/h3,12,22H,1,4-11H2,2H3. The number of nitrogens with zero attached hydrogens (tertiary/aromatic N) is 2. The number of piperidine rings is 1. The predicted octanol–water partition coefficient (Wildman–Crippen LogP) is 2.86. The fourth-order valence-electron chi connectivity index (χ4n) is 3.44. The van der Waals surface area contributed by atoms with Crippen molar-refractivity contribution in [2.45, 2.75) is 32.1 Å². The molecule has 0 atom stereocenters. The number of rotatable bonds is 4. The van der Waals surface area contributed by atoms with E-state index in [1.807, 2.05) is 6.07 Å². The second-order valence-corrected chi connectivity index (χ2v) is 6.17. The molecule has 0 saturated carbocycles. The summed E-state index contributed by atoms with van der Waals surface area (Å²) in [4.78, 5) is 15.9. The summed E-state index contributed by atoms with van der Waals surface area (Å²) in [6, 6.07) is 1.87. The van der Waals surface area contributed by atoms with Crippen LogP contribution in [0.4, 0.5) is 11.4 Å². The molecule has 0 aliphatic carbocycles. The van der Waals surface area contributed by atoms with Gasteiger partial charge in [0.1, 0.15) is 18.1 Å². The van der Waals surface area contributed by atoms with Gasteiger partial charge < -0.3 is 19.6 Å². The van der Waals surface area contributed by atoms with Gasteiger partial charge in [0.2, 0.25) is 5.91 Å². The molecule has 1 aromatic carbocycles. The SMILES string of the molecule is C=CCOc1cc(N2CCCCC2)c(O)c2c1N(C)C(=O)CC2. The van der Waals surface area contributed by atoms with Crippen LogP contribution in [0.2, 0.25) is 0 Å². The Balaban J connectivity index is 2.08. The van der Waals surface area contributed by atoms with Crippen LogP contribution in [0.3, 0.4) is 0 Å². The lowest BCUT2D eigenvalue weighted by atomic mass is 9.97. The quantitative estimate of drug-likeness (QED) is 0.868. The highest BCUT2D eigenvalue weighted by atomic mass is 16.5. The van der Waals surface area contributed by atoms with Crippen LogP contribution in [0.25, 0.3) is 0 Å². The number of carbonyl (C=O) groups is 1. The normalized spacial score (nSPS) is 17.9. The first kappa shape index (κ1) is 15.7. The molecule has 1 amide bonds. The first-order chi connectivity index (χ1) is 11.1. The molecule has 2 heterocycles. The van der Waals surface area contributed by atoms with Crippen LogP contribution in [-0.4, -0.2) is 37.8 Å². The Morgan fingerprint density at radius 1 is 1.30 bits per heavy atom. The highest BCUT2D eigenvalue weighted by Gasteiger charge is 2.30. The molecule has 2 aliphatic heterocycles. The van der Waals surface area contributed by atoms with E-state index >= 15 is 0 Å². The maximum absolute atomic E-state index is 12.0. The lowest BCUT2D eigenvalue weighted by Gasteiger charge is -2.34. The molecule has 23 heavy (non-hydrogen) atoms. The molecule has 3 rings (SSSR count). The number of amides is 1. The highest BCUT2D eigenvalue weighted by Crippen LogP contribution is 2.47. The number of benzene rings is 1. The van der Waals surface area contributed by atoms with Gasteiger partial charge in [-0.2, -0.15) is 0 Å². The monoisotopic (exact) mass is 316 g/mol. The molecule has 1 saturated heterocycles. The summed E-state index contributed by atoms with van der Waals surface area (Å²) in [7, 11) is 1.74. The second kappa shape index (κ2) is 6.52. The van der Waals surface area contributed by atoms with Crippen molar-refractivity contribution < 1.29 is 14.6 Å². The van der Waals surface area contributed by atoms with Gasteiger partial charge in [-0.05, 0) is 25.7 Å². The molecule has 0 radical (unpaired) electrons. The first-order valence-electron chi connectivity index (χ1n) is 8.27. The van der Waals surface area contributed by atoms with Crippen molar-refractivity contribution in [1.82, 2.24) is 0 Å². The van der Waals surface area contributed by atoms with E-state index in [1.54, 1.807) is 18.0 Å². The van der Waals surface area contributed by atoms with Crippen molar-refractivity contribution in [3.8, 4) is 11.5 Å². The third-order valence-corrected chi connectivity index (χ3v) is 4.67. The van der Waals surface area contributed by atoms with E-state index in [4.69, 9.17) is 4.74 Å². The number of aromatic hydroxyl groups is 1. The average molecular weight is 316 g/mol. The highest BCUT2D eigenvalue weighted by molar-refractivity contribution is 5.99. The number of phenols is 1. The van der Waals surface area contributed by atoms with Crippen molar-refractivity contribution in [2.75, 3.05) is 36.5 Å². The Bertz CT molecular complexity index is 621. The van der Waals surface area contributed by atoms with Crippen LogP contribution >= 0.6 is 0 Å². The average Bonchev–Trinajstić information content (AvgIpc) is 2.58. The van der Waals surface area contributed by atoms with E-state index in [-0.39, 0.29) is 5.91 Å². The number of ether oxygens (including phenoxy) is 1. The van der Waals surface area contributed by atoms with E-state index in [2.05, 4.69) is 11.5 Å². The largest absolute Gasteiger partial charge is 0.505 e. The predicted molar refractivity (Wildman–Crippen MR) is 91.6 cm³/mol. The van der Waals surface area contributed by atoms with E-state index in [0.29, 0.717) is 36.6 Å². The Kier molecular flexibility index (Phi) is 4.46. The number of hydrogen-bond acceptors (Lipinski definition) is 4. The fourth-order valence-corrected chi connectivity index (χ4v) is 3.44. The summed E-state index contributed by atoms with van der Waals surface area (Å²) in [6.45, 7) is 5.95. The Hall–Kier alpha value is -2.17. The van der Waals surface area contributed by atoms with Gasteiger partial charge in [-0.25, -0.2) is 0 Å². The lowest BCUT2D eigenvalue weighted by molar-refractivity contribution is -0.118. The van der Waals surface area contributed by atoms with Gasteiger partial charge in [0, 0.05) is 38.2 Å². The van der Waals surface area contributed by atoms with Crippen LogP contribution < -0.4 is 14.5 Å². The van der Waals surface area contributed by atoms with Crippen LogP contribution in [0.5, 0.6) is 11.5 Å².